The zero-order valence-corrected chi connectivity index (χ0v) is 15.7. The molecule has 0 radical (unpaired) electrons. The van der Waals surface area contributed by atoms with Crippen LogP contribution in [0.1, 0.15) is 25.5 Å². The summed E-state index contributed by atoms with van der Waals surface area (Å²) in [6.07, 6.45) is 5.21. The second-order valence-electron chi connectivity index (χ2n) is 6.63. The van der Waals surface area contributed by atoms with Gasteiger partial charge in [-0.25, -0.2) is 4.98 Å². The molecule has 2 heterocycles. The molecule has 5 nitrogen and oxygen atoms in total. The Morgan fingerprint density at radius 2 is 1.52 bits per heavy atom. The van der Waals surface area contributed by atoms with Crippen LogP contribution >= 0.6 is 0 Å². The first-order valence-electron chi connectivity index (χ1n) is 9.27. The first kappa shape index (κ1) is 17.6. The van der Waals surface area contributed by atoms with E-state index in [1.165, 1.54) is 6.42 Å². The number of rotatable bonds is 5. The largest absolute Gasteiger partial charge is 0.497 e. The molecule has 1 unspecified atom stereocenters. The van der Waals surface area contributed by atoms with Crippen molar-refractivity contribution in [2.24, 2.45) is 0 Å². The molecule has 1 aliphatic rings. The maximum Gasteiger partial charge on any atom is 0.135 e. The van der Waals surface area contributed by atoms with Crippen molar-refractivity contribution in [1.82, 2.24) is 9.55 Å². The van der Waals surface area contributed by atoms with Crippen molar-refractivity contribution in [1.29, 1.82) is 0 Å². The number of benzene rings is 2. The van der Waals surface area contributed by atoms with E-state index in [9.17, 15) is 0 Å². The maximum absolute atomic E-state index is 6.04. The van der Waals surface area contributed by atoms with Crippen LogP contribution in [0.15, 0.2) is 54.9 Å². The van der Waals surface area contributed by atoms with Crippen LogP contribution in [-0.4, -0.2) is 30.4 Å². The van der Waals surface area contributed by atoms with Gasteiger partial charge in [0.2, 0.25) is 0 Å². The van der Waals surface area contributed by atoms with Gasteiger partial charge in [-0.1, -0.05) is 0 Å². The Kier molecular flexibility index (Phi) is 5.12. The minimum absolute atomic E-state index is 0.0235. The molecule has 2 aromatic carbocycles. The summed E-state index contributed by atoms with van der Waals surface area (Å²) in [4.78, 5) is 4.75. The minimum Gasteiger partial charge on any atom is -0.497 e. The summed E-state index contributed by atoms with van der Waals surface area (Å²) in [6, 6.07) is 16.1. The van der Waals surface area contributed by atoms with E-state index < -0.39 is 0 Å². The smallest absolute Gasteiger partial charge is 0.135 e. The van der Waals surface area contributed by atoms with Crippen LogP contribution in [-0.2, 0) is 4.74 Å². The van der Waals surface area contributed by atoms with Crippen LogP contribution in [0.4, 0.5) is 0 Å². The summed E-state index contributed by atoms with van der Waals surface area (Å²) in [7, 11) is 3.35. The highest BCUT2D eigenvalue weighted by Gasteiger charge is 2.23. The Balaban J connectivity index is 1.81. The van der Waals surface area contributed by atoms with Crippen molar-refractivity contribution < 1.29 is 14.2 Å². The highest BCUT2D eigenvalue weighted by molar-refractivity contribution is 5.79. The lowest BCUT2D eigenvalue weighted by molar-refractivity contribution is -0.0310. The Labute approximate surface area is 159 Å². The van der Waals surface area contributed by atoms with Crippen LogP contribution in [0.3, 0.4) is 0 Å². The third-order valence-corrected chi connectivity index (χ3v) is 4.99. The summed E-state index contributed by atoms with van der Waals surface area (Å²) < 4.78 is 18.8. The molecule has 0 spiro atoms. The van der Waals surface area contributed by atoms with Crippen molar-refractivity contribution in [2.45, 2.75) is 25.5 Å². The molecule has 4 rings (SSSR count). The first-order chi connectivity index (χ1) is 13.3. The van der Waals surface area contributed by atoms with Gasteiger partial charge in [0.25, 0.3) is 0 Å². The van der Waals surface area contributed by atoms with Crippen LogP contribution in [0.2, 0.25) is 0 Å². The molecular formula is C22H24N2O3. The molecule has 27 heavy (non-hydrogen) atoms. The summed E-state index contributed by atoms with van der Waals surface area (Å²) in [5, 5.41) is 0. The van der Waals surface area contributed by atoms with Crippen molar-refractivity contribution in [3.05, 3.63) is 54.9 Å². The molecule has 0 amide bonds. The predicted molar refractivity (Wildman–Crippen MR) is 105 cm³/mol. The Morgan fingerprint density at radius 1 is 0.889 bits per heavy atom. The molecule has 1 saturated heterocycles. The average molecular weight is 364 g/mol. The number of hydrogen-bond acceptors (Lipinski definition) is 4. The minimum atomic E-state index is 0.0235. The van der Waals surface area contributed by atoms with Gasteiger partial charge >= 0.3 is 0 Å². The fourth-order valence-corrected chi connectivity index (χ4v) is 3.52. The molecule has 0 bridgehead atoms. The molecule has 1 aromatic heterocycles. The number of nitrogens with zero attached hydrogens (tertiary/aromatic N) is 2. The molecule has 140 valence electrons. The van der Waals surface area contributed by atoms with Gasteiger partial charge in [-0.2, -0.15) is 0 Å². The fraction of sp³-hybridized carbons (Fsp3) is 0.318. The fourth-order valence-electron chi connectivity index (χ4n) is 3.52. The quantitative estimate of drug-likeness (QED) is 0.644. The number of methoxy groups -OCH3 is 2. The maximum atomic E-state index is 6.04. The lowest BCUT2D eigenvalue weighted by atomic mass is 10.0. The summed E-state index contributed by atoms with van der Waals surface area (Å²) in [5.41, 5.74) is 4.15. The van der Waals surface area contributed by atoms with Gasteiger partial charge in [0.05, 0.1) is 31.9 Å². The van der Waals surface area contributed by atoms with Crippen molar-refractivity contribution in [2.75, 3.05) is 20.8 Å². The Bertz CT molecular complexity index is 879. The van der Waals surface area contributed by atoms with Gasteiger partial charge in [0.15, 0.2) is 0 Å². The molecule has 1 fully saturated rings. The zero-order chi connectivity index (χ0) is 18.6. The standard InChI is InChI=1S/C22H24N2O3/c1-25-18-10-6-16(7-11-18)21-22(17-8-12-19(26-2)13-9-17)24(15-23-21)20-5-3-4-14-27-20/h6-13,15,20H,3-5,14H2,1-2H3. The second kappa shape index (κ2) is 7.84. The van der Waals surface area contributed by atoms with E-state index in [1.54, 1.807) is 14.2 Å². The molecule has 0 N–H and O–H groups in total. The van der Waals surface area contributed by atoms with Gasteiger partial charge in [0.1, 0.15) is 17.7 Å². The number of hydrogen-bond donors (Lipinski definition) is 0. The lowest BCUT2D eigenvalue weighted by Gasteiger charge is -2.25. The van der Waals surface area contributed by atoms with Crippen LogP contribution in [0, 0.1) is 0 Å². The van der Waals surface area contributed by atoms with Gasteiger partial charge in [-0.15, -0.1) is 0 Å². The molecule has 1 atom stereocenters. The third-order valence-electron chi connectivity index (χ3n) is 4.99. The van der Waals surface area contributed by atoms with E-state index in [2.05, 4.69) is 16.7 Å². The van der Waals surface area contributed by atoms with E-state index in [-0.39, 0.29) is 6.23 Å². The van der Waals surface area contributed by atoms with E-state index in [0.717, 1.165) is 53.5 Å². The summed E-state index contributed by atoms with van der Waals surface area (Å²) in [6.45, 7) is 0.794. The van der Waals surface area contributed by atoms with Gasteiger partial charge in [-0.3, -0.25) is 0 Å². The monoisotopic (exact) mass is 364 g/mol. The highest BCUT2D eigenvalue weighted by Crippen LogP contribution is 2.36. The van der Waals surface area contributed by atoms with Gasteiger partial charge in [-0.05, 0) is 67.8 Å². The first-order valence-corrected chi connectivity index (χ1v) is 9.27. The second-order valence-corrected chi connectivity index (χ2v) is 6.63. The Hall–Kier alpha value is -2.79. The van der Waals surface area contributed by atoms with Crippen LogP contribution in [0.5, 0.6) is 11.5 Å². The van der Waals surface area contributed by atoms with Crippen LogP contribution in [0.25, 0.3) is 22.5 Å². The molecule has 5 heteroatoms. The van der Waals surface area contributed by atoms with E-state index >= 15 is 0 Å². The van der Waals surface area contributed by atoms with E-state index in [4.69, 9.17) is 19.2 Å². The number of aromatic nitrogens is 2. The van der Waals surface area contributed by atoms with Crippen molar-refractivity contribution >= 4 is 0 Å². The van der Waals surface area contributed by atoms with Crippen LogP contribution < -0.4 is 9.47 Å². The van der Waals surface area contributed by atoms with Gasteiger partial charge in [0, 0.05) is 17.7 Å². The summed E-state index contributed by atoms with van der Waals surface area (Å²) in [5.74, 6) is 1.67. The normalized spacial score (nSPS) is 16.9. The van der Waals surface area contributed by atoms with E-state index in [0.29, 0.717) is 0 Å². The van der Waals surface area contributed by atoms with Crippen molar-refractivity contribution in [3.8, 4) is 34.0 Å². The van der Waals surface area contributed by atoms with Crippen molar-refractivity contribution in [3.63, 3.8) is 0 Å². The molecular weight excluding hydrogens is 340 g/mol. The molecule has 3 aromatic rings. The number of ether oxygens (including phenoxy) is 3. The summed E-state index contributed by atoms with van der Waals surface area (Å²) >= 11 is 0. The predicted octanol–water partition coefficient (Wildman–Crippen LogP) is 4.93. The number of imidazole rings is 1. The van der Waals surface area contributed by atoms with Gasteiger partial charge < -0.3 is 18.8 Å². The molecule has 0 saturated carbocycles. The highest BCUT2D eigenvalue weighted by atomic mass is 16.5. The molecule has 1 aliphatic heterocycles. The van der Waals surface area contributed by atoms with E-state index in [1.807, 2.05) is 42.7 Å². The Morgan fingerprint density at radius 3 is 2.07 bits per heavy atom. The lowest BCUT2D eigenvalue weighted by Crippen LogP contribution is -2.18. The molecule has 0 aliphatic carbocycles. The SMILES string of the molecule is COc1ccc(-c2ncn(C3CCCCO3)c2-c2ccc(OC)cc2)cc1. The topological polar surface area (TPSA) is 45.5 Å². The average Bonchev–Trinajstić information content (AvgIpc) is 3.19. The zero-order valence-electron chi connectivity index (χ0n) is 15.7. The third kappa shape index (κ3) is 3.55.